The average Bonchev–Trinajstić information content (AvgIpc) is 1.58. The van der Waals surface area contributed by atoms with Gasteiger partial charge in [-0.25, -0.2) is 14.4 Å². The van der Waals surface area contributed by atoms with Crippen LogP contribution >= 0.6 is 0 Å². The summed E-state index contributed by atoms with van der Waals surface area (Å²) in [6.07, 6.45) is -5.64. The molecule has 0 saturated heterocycles. The van der Waals surface area contributed by atoms with E-state index < -0.39 is 18.5 Å². The first kappa shape index (κ1) is 30.3. The normalized spacial score (nSPS) is 5.71. The molecule has 64 valence electrons. The van der Waals surface area contributed by atoms with Gasteiger partial charge in [0.1, 0.15) is 0 Å². The molecule has 0 unspecified atom stereocenters. The van der Waals surface area contributed by atoms with Crippen LogP contribution in [0.5, 0.6) is 0 Å². The molecule has 0 saturated carbocycles. The second-order valence-electron chi connectivity index (χ2n) is 0.986. The number of carbonyl (C=O) groups excluding carboxylic acids is 1. The van der Waals surface area contributed by atoms with Crippen LogP contribution in [-0.4, -0.2) is 145 Å². The van der Waals surface area contributed by atoms with Crippen LogP contribution < -0.4 is 0 Å². The van der Waals surface area contributed by atoms with E-state index in [9.17, 15) is 14.4 Å². The van der Waals surface area contributed by atoms with Gasteiger partial charge in [-0.1, -0.05) is 0 Å². The zero-order valence-electron chi connectivity index (χ0n) is 5.85. The van der Waals surface area contributed by atoms with E-state index in [0.717, 1.165) is 0 Å². The summed E-state index contributed by atoms with van der Waals surface area (Å²) in [5, 5.41) is 15.4. The third kappa shape index (κ3) is 24.3. The van der Waals surface area contributed by atoms with E-state index in [1.165, 1.54) is 0 Å². The van der Waals surface area contributed by atoms with Crippen LogP contribution in [0.4, 0.5) is 14.4 Å². The Morgan fingerprint density at radius 1 is 0.786 bits per heavy atom. The topological polar surface area (TPSA) is 110 Å². The Morgan fingerprint density at radius 3 is 1.14 bits per heavy atom. The summed E-state index contributed by atoms with van der Waals surface area (Å²) < 4.78 is 6.47. The molecule has 7 nitrogen and oxygen atoms in total. The maximum atomic E-state index is 9.86. The average molecular weight is 454 g/mol. The van der Waals surface area contributed by atoms with Crippen molar-refractivity contribution < 1.29 is 73.0 Å². The van der Waals surface area contributed by atoms with E-state index >= 15 is 0 Å². The molecule has 0 aromatic carbocycles. The maximum absolute atomic E-state index is 9.86. The van der Waals surface area contributed by atoms with E-state index in [-0.39, 0.29) is 155 Å². The standard InChI is InChI=1S/C3H2O7.2Rb.2Zn.2H/c4-1(5)9-3(8)10-2(6)7;;;;;;/h(H,4,5)(H,6,7);;;;;;. The van der Waals surface area contributed by atoms with Gasteiger partial charge < -0.3 is 19.7 Å². The van der Waals surface area contributed by atoms with Gasteiger partial charge in [0, 0.05) is 39.0 Å². The molecule has 0 aromatic rings. The van der Waals surface area contributed by atoms with Crippen molar-refractivity contribution in [2.75, 3.05) is 0 Å². The molecule has 0 rings (SSSR count). The number of hydrogen-bond acceptors (Lipinski definition) is 5. The van der Waals surface area contributed by atoms with E-state index in [4.69, 9.17) is 10.2 Å². The predicted octanol–water partition coefficient (Wildman–Crippen LogP) is -0.806. The van der Waals surface area contributed by atoms with Crippen LogP contribution in [-0.2, 0) is 48.4 Å². The summed E-state index contributed by atoms with van der Waals surface area (Å²) in [7, 11) is 0. The fraction of sp³-hybridized carbons (Fsp3) is 0. The van der Waals surface area contributed by atoms with E-state index in [0.29, 0.717) is 0 Å². The first-order chi connectivity index (χ1) is 4.52. The van der Waals surface area contributed by atoms with Gasteiger partial charge in [-0.05, 0) is 0 Å². The predicted molar refractivity (Wildman–Crippen MR) is 37.9 cm³/mol. The molecule has 11 heteroatoms. The van der Waals surface area contributed by atoms with Crippen LogP contribution in [0.3, 0.4) is 0 Å². The summed E-state index contributed by atoms with van der Waals surface area (Å²) in [5.74, 6) is 0. The third-order valence-corrected chi connectivity index (χ3v) is 0.341. The quantitative estimate of drug-likeness (QED) is 0.280. The van der Waals surface area contributed by atoms with Crippen molar-refractivity contribution in [3.05, 3.63) is 0 Å². The Morgan fingerprint density at radius 2 is 1.00 bits per heavy atom. The van der Waals surface area contributed by atoms with Gasteiger partial charge in [0.15, 0.2) is 0 Å². The first-order valence-corrected chi connectivity index (χ1v) is 1.88. The molecule has 0 spiro atoms. The van der Waals surface area contributed by atoms with Gasteiger partial charge in [0.05, 0.1) is 0 Å². The van der Waals surface area contributed by atoms with Crippen molar-refractivity contribution in [2.45, 2.75) is 0 Å². The zero-order valence-corrected chi connectivity index (χ0v) is 11.8. The van der Waals surface area contributed by atoms with Crippen molar-refractivity contribution in [1.29, 1.82) is 0 Å². The van der Waals surface area contributed by atoms with Crippen molar-refractivity contribution in [3.8, 4) is 0 Å². The summed E-state index contributed by atoms with van der Waals surface area (Å²) in [6.45, 7) is 0. The molecule has 14 heavy (non-hydrogen) atoms. The number of hydrogen-bond donors (Lipinski definition) is 2. The molecule has 0 amide bonds. The summed E-state index contributed by atoms with van der Waals surface area (Å²) in [6, 6.07) is 0. The smallest absolute Gasteiger partial charge is 0 e. The number of carboxylic acid groups (broad SMARTS) is 2. The Labute approximate surface area is 202 Å². The number of rotatable bonds is 0. The molecular formula is C3H4O7Rb2Zn2. The number of carbonyl (C=O) groups is 3. The molecule has 0 atom stereocenters. The minimum absolute atomic E-state index is 0. The monoisotopic (exact) mass is 450 g/mol. The fourth-order valence-corrected chi connectivity index (χ4v) is 0.163. The van der Waals surface area contributed by atoms with E-state index in [1.807, 2.05) is 0 Å². The van der Waals surface area contributed by atoms with Crippen LogP contribution in [0.25, 0.3) is 0 Å². The molecule has 2 N–H and O–H groups in total. The Balaban J connectivity index is -0.0000000675. The first-order valence-electron chi connectivity index (χ1n) is 1.88. The van der Waals surface area contributed by atoms with Crippen molar-refractivity contribution in [1.82, 2.24) is 0 Å². The summed E-state index contributed by atoms with van der Waals surface area (Å²) >= 11 is 0. The van der Waals surface area contributed by atoms with Crippen molar-refractivity contribution in [3.63, 3.8) is 0 Å². The molecule has 0 heterocycles. The fourth-order valence-electron chi connectivity index (χ4n) is 0.163. The van der Waals surface area contributed by atoms with Gasteiger partial charge in [0.2, 0.25) is 0 Å². The molecule has 0 fully saturated rings. The SMILES string of the molecule is O=C(O)OC(=O)OC(=O)O.[RbH].[RbH].[Zn].[Zn]. The second kappa shape index (κ2) is 18.4. The third-order valence-electron chi connectivity index (χ3n) is 0.341. The van der Waals surface area contributed by atoms with Crippen molar-refractivity contribution >= 4 is 135 Å². The summed E-state index contributed by atoms with van der Waals surface area (Å²) in [5.41, 5.74) is 0. The van der Waals surface area contributed by atoms with E-state index in [2.05, 4.69) is 9.47 Å². The molecule has 0 aliphatic rings. The molecule has 0 aliphatic carbocycles. The van der Waals surface area contributed by atoms with Gasteiger partial charge in [0.25, 0.3) is 0 Å². The molecule has 0 aromatic heterocycles. The van der Waals surface area contributed by atoms with E-state index in [1.54, 1.807) is 0 Å². The molecule has 0 aliphatic heterocycles. The second-order valence-corrected chi connectivity index (χ2v) is 0.986. The van der Waals surface area contributed by atoms with Crippen LogP contribution in [0.1, 0.15) is 0 Å². The summed E-state index contributed by atoms with van der Waals surface area (Å²) in [4.78, 5) is 28.8. The minimum atomic E-state index is -1.92. The minimum Gasteiger partial charge on any atom is 0 e. The van der Waals surface area contributed by atoms with Gasteiger partial charge in [-0.2, -0.15) is 0 Å². The van der Waals surface area contributed by atoms with Gasteiger partial charge in [-0.3, -0.25) is 0 Å². The van der Waals surface area contributed by atoms with Crippen LogP contribution in [0, 0.1) is 0 Å². The Bertz CT molecular complexity index is 168. The largest absolute Gasteiger partial charge is 0 e. The Hall–Kier alpha value is 3.07. The number of ether oxygens (including phenoxy) is 2. The maximum Gasteiger partial charge on any atom is 0 e. The molecule has 0 radical (unpaired) electrons. The van der Waals surface area contributed by atoms with Crippen LogP contribution in [0.15, 0.2) is 0 Å². The van der Waals surface area contributed by atoms with Gasteiger partial charge in [-0.15, -0.1) is 0 Å². The zero-order chi connectivity index (χ0) is 8.15. The van der Waals surface area contributed by atoms with Crippen LogP contribution in [0.2, 0.25) is 0 Å². The molecule has 0 bridgehead atoms. The molecular weight excluding hydrogens is 450 g/mol. The van der Waals surface area contributed by atoms with Crippen molar-refractivity contribution in [2.24, 2.45) is 0 Å². The van der Waals surface area contributed by atoms with Gasteiger partial charge >= 0.3 is 135 Å². The Kier molecular flexibility index (Phi) is 39.8.